The molecule has 174 valence electrons. The van der Waals surface area contributed by atoms with Gasteiger partial charge in [0.25, 0.3) is 0 Å². The molecule has 0 saturated heterocycles. The quantitative estimate of drug-likeness (QED) is 0.217. The summed E-state index contributed by atoms with van der Waals surface area (Å²) >= 11 is 0. The smallest absolute Gasteiger partial charge is 0.00137 e. The zero-order chi connectivity index (χ0) is 24.8. The monoisotopic (exact) mass is 478 g/mol. The van der Waals surface area contributed by atoms with Gasteiger partial charge in [0, 0.05) is 0 Å². The van der Waals surface area contributed by atoms with Gasteiger partial charge < -0.3 is 0 Å². The highest BCUT2D eigenvalue weighted by Gasteiger charge is 2.25. The fourth-order valence-corrected chi connectivity index (χ4v) is 6.95. The van der Waals surface area contributed by atoms with Gasteiger partial charge in [0.15, 0.2) is 0 Å². The molecular weight excluding hydrogens is 456 g/mol. The first-order valence-electron chi connectivity index (χ1n) is 13.3. The van der Waals surface area contributed by atoms with Gasteiger partial charge in [-0.05, 0) is 87.2 Å². The zero-order valence-corrected chi connectivity index (χ0v) is 20.7. The van der Waals surface area contributed by atoms with Crippen molar-refractivity contribution in [3.8, 4) is 33.4 Å². The lowest BCUT2D eigenvalue weighted by molar-refractivity contribution is 1.67. The maximum atomic E-state index is 2.38. The van der Waals surface area contributed by atoms with Gasteiger partial charge in [0.05, 0.1) is 0 Å². The third-order valence-corrected chi connectivity index (χ3v) is 8.57. The Hall–Kier alpha value is -4.94. The second-order valence-corrected chi connectivity index (χ2v) is 10.5. The predicted octanol–water partition coefficient (Wildman–Crippen LogP) is 10.8. The summed E-state index contributed by atoms with van der Waals surface area (Å²) in [5.74, 6) is 0. The van der Waals surface area contributed by atoms with Gasteiger partial charge in [-0.25, -0.2) is 0 Å². The Morgan fingerprint density at radius 2 is 0.737 bits per heavy atom. The van der Waals surface area contributed by atoms with Gasteiger partial charge >= 0.3 is 0 Å². The molecule has 0 atom stereocenters. The topological polar surface area (TPSA) is 0 Å². The summed E-state index contributed by atoms with van der Waals surface area (Å²) in [6, 6.07) is 49.4. The average molecular weight is 479 g/mol. The van der Waals surface area contributed by atoms with Crippen LogP contribution in [-0.4, -0.2) is 0 Å². The van der Waals surface area contributed by atoms with E-state index in [2.05, 4.69) is 133 Å². The Balaban J connectivity index is 1.43. The minimum Gasteiger partial charge on any atom is -0.0616 e. The van der Waals surface area contributed by atoms with E-state index in [9.17, 15) is 0 Å². The Labute approximate surface area is 220 Å². The molecule has 0 radical (unpaired) electrons. The van der Waals surface area contributed by atoms with Crippen LogP contribution in [0.25, 0.3) is 87.2 Å². The third-order valence-electron chi connectivity index (χ3n) is 8.57. The van der Waals surface area contributed by atoms with E-state index in [1.54, 1.807) is 0 Å². The van der Waals surface area contributed by atoms with Crippen molar-refractivity contribution in [1.29, 1.82) is 0 Å². The molecule has 1 aliphatic carbocycles. The van der Waals surface area contributed by atoms with Crippen molar-refractivity contribution in [2.75, 3.05) is 0 Å². The SMILES string of the molecule is c1ccc2c(-c3ccc4ccc5ccc6c(-c7cccc8ccccc78)ccc7c6c5c4c3-7)cccc2c1. The van der Waals surface area contributed by atoms with Crippen molar-refractivity contribution in [2.24, 2.45) is 0 Å². The third kappa shape index (κ3) is 2.54. The van der Waals surface area contributed by atoms with Crippen molar-refractivity contribution in [3.05, 3.63) is 133 Å². The van der Waals surface area contributed by atoms with Gasteiger partial charge in [-0.3, -0.25) is 0 Å². The van der Waals surface area contributed by atoms with Crippen LogP contribution in [0.15, 0.2) is 133 Å². The average Bonchev–Trinajstić information content (AvgIpc) is 3.34. The first kappa shape index (κ1) is 20.2. The molecule has 9 rings (SSSR count). The molecule has 0 heterocycles. The molecule has 8 aromatic rings. The fourth-order valence-electron chi connectivity index (χ4n) is 6.95. The van der Waals surface area contributed by atoms with Crippen LogP contribution in [0.5, 0.6) is 0 Å². The lowest BCUT2D eigenvalue weighted by Crippen LogP contribution is -1.88. The van der Waals surface area contributed by atoms with E-state index in [-0.39, 0.29) is 0 Å². The highest BCUT2D eigenvalue weighted by atomic mass is 14.3. The molecule has 8 aromatic carbocycles. The largest absolute Gasteiger partial charge is 0.0616 e. The molecule has 0 N–H and O–H groups in total. The molecular formula is C38H22. The van der Waals surface area contributed by atoms with Gasteiger partial charge in [-0.15, -0.1) is 0 Å². The van der Waals surface area contributed by atoms with Crippen LogP contribution >= 0.6 is 0 Å². The lowest BCUT2D eigenvalue weighted by Gasteiger charge is -2.14. The number of hydrogen-bond acceptors (Lipinski definition) is 0. The number of benzene rings is 8. The minimum absolute atomic E-state index is 1.28. The van der Waals surface area contributed by atoms with E-state index >= 15 is 0 Å². The minimum atomic E-state index is 1.28. The molecule has 0 aromatic heterocycles. The molecule has 0 amide bonds. The highest BCUT2D eigenvalue weighted by Crippen LogP contribution is 2.53. The molecule has 0 aliphatic heterocycles. The molecule has 0 saturated carbocycles. The van der Waals surface area contributed by atoms with E-state index in [4.69, 9.17) is 0 Å². The summed E-state index contributed by atoms with van der Waals surface area (Å²) in [7, 11) is 0. The van der Waals surface area contributed by atoms with Crippen LogP contribution in [0.3, 0.4) is 0 Å². The standard InChI is InChI=1S/C38H22/c1-3-11-27-23(7-1)9-5-13-29(27)31-21-22-34-37-32(30-14-6-10-24-8-2-4-12-28(24)30)19-17-25-15-16-26-18-20-33(31)38(34)36(26)35(25)37/h1-22H. The summed E-state index contributed by atoms with van der Waals surface area (Å²) < 4.78 is 0. The van der Waals surface area contributed by atoms with Gasteiger partial charge in [0.1, 0.15) is 0 Å². The number of fused-ring (bicyclic) bond motifs is 3. The molecule has 0 nitrogen and oxygen atoms in total. The summed E-state index contributed by atoms with van der Waals surface area (Å²) in [6.07, 6.45) is 0. The number of rotatable bonds is 2. The van der Waals surface area contributed by atoms with Crippen LogP contribution < -0.4 is 0 Å². The van der Waals surface area contributed by atoms with E-state index in [0.29, 0.717) is 0 Å². The molecule has 38 heavy (non-hydrogen) atoms. The molecule has 0 unspecified atom stereocenters. The van der Waals surface area contributed by atoms with Crippen LogP contribution in [0.4, 0.5) is 0 Å². The van der Waals surface area contributed by atoms with E-state index in [1.807, 2.05) is 0 Å². The van der Waals surface area contributed by atoms with Crippen LogP contribution in [0, 0.1) is 0 Å². The van der Waals surface area contributed by atoms with Gasteiger partial charge in [-0.1, -0.05) is 133 Å². The Kier molecular flexibility index (Phi) is 3.88. The van der Waals surface area contributed by atoms with Crippen molar-refractivity contribution in [2.45, 2.75) is 0 Å². The van der Waals surface area contributed by atoms with E-state index in [1.165, 1.54) is 87.2 Å². The Morgan fingerprint density at radius 3 is 1.47 bits per heavy atom. The molecule has 0 fully saturated rings. The van der Waals surface area contributed by atoms with Crippen molar-refractivity contribution >= 4 is 53.9 Å². The second kappa shape index (κ2) is 7.31. The Bertz CT molecular complexity index is 2270. The molecule has 1 aliphatic rings. The van der Waals surface area contributed by atoms with Crippen LogP contribution in [0.2, 0.25) is 0 Å². The lowest BCUT2D eigenvalue weighted by atomic mass is 9.88. The number of hydrogen-bond donors (Lipinski definition) is 0. The second-order valence-electron chi connectivity index (χ2n) is 10.5. The van der Waals surface area contributed by atoms with Crippen LogP contribution in [-0.2, 0) is 0 Å². The van der Waals surface area contributed by atoms with Crippen molar-refractivity contribution in [3.63, 3.8) is 0 Å². The summed E-state index contributed by atoms with van der Waals surface area (Å²) in [5.41, 5.74) is 7.95. The van der Waals surface area contributed by atoms with Crippen LogP contribution in [0.1, 0.15) is 0 Å². The zero-order valence-electron chi connectivity index (χ0n) is 20.7. The fraction of sp³-hybridized carbons (Fsp3) is 0. The predicted molar refractivity (Wildman–Crippen MR) is 164 cm³/mol. The normalized spacial score (nSPS) is 12.2. The van der Waals surface area contributed by atoms with Crippen molar-refractivity contribution < 1.29 is 0 Å². The summed E-state index contributed by atoms with van der Waals surface area (Å²) in [4.78, 5) is 0. The molecule has 0 spiro atoms. The summed E-state index contributed by atoms with van der Waals surface area (Å²) in [5, 5.41) is 13.3. The van der Waals surface area contributed by atoms with E-state index < -0.39 is 0 Å². The van der Waals surface area contributed by atoms with Gasteiger partial charge in [-0.2, -0.15) is 0 Å². The van der Waals surface area contributed by atoms with Gasteiger partial charge in [0.2, 0.25) is 0 Å². The molecule has 0 heteroatoms. The maximum absolute atomic E-state index is 2.38. The summed E-state index contributed by atoms with van der Waals surface area (Å²) in [6.45, 7) is 0. The molecule has 0 bridgehead atoms. The first-order valence-corrected chi connectivity index (χ1v) is 13.3. The maximum Gasteiger partial charge on any atom is -0.00137 e. The highest BCUT2D eigenvalue weighted by molar-refractivity contribution is 6.36. The first-order chi connectivity index (χ1) is 18.9. The van der Waals surface area contributed by atoms with Crippen molar-refractivity contribution in [1.82, 2.24) is 0 Å². The Morgan fingerprint density at radius 1 is 0.237 bits per heavy atom. The van der Waals surface area contributed by atoms with E-state index in [0.717, 1.165) is 0 Å².